The molecular weight excluding hydrogens is 230 g/mol. The Kier molecular flexibility index (Phi) is 4.68. The van der Waals surface area contributed by atoms with Crippen LogP contribution >= 0.6 is 0 Å². The fourth-order valence-electron chi connectivity index (χ4n) is 2.98. The van der Waals surface area contributed by atoms with E-state index in [0.29, 0.717) is 5.92 Å². The summed E-state index contributed by atoms with van der Waals surface area (Å²) >= 11 is 0. The zero-order valence-corrected chi connectivity index (χ0v) is 12.8. The van der Waals surface area contributed by atoms with Crippen molar-refractivity contribution in [2.75, 3.05) is 0 Å². The van der Waals surface area contributed by atoms with Crippen LogP contribution in [0.15, 0.2) is 46.8 Å². The fraction of sp³-hybridized carbons (Fsp3) is 0.556. The summed E-state index contributed by atoms with van der Waals surface area (Å²) in [7, 11) is 0. The summed E-state index contributed by atoms with van der Waals surface area (Å²) in [5.41, 5.74) is 5.60. The summed E-state index contributed by atoms with van der Waals surface area (Å²) in [6.07, 6.45) is 14.2. The molecule has 1 heteroatoms. The first kappa shape index (κ1) is 14.2. The van der Waals surface area contributed by atoms with Gasteiger partial charge in [-0.3, -0.25) is 0 Å². The molecule has 104 valence electrons. The van der Waals surface area contributed by atoms with Gasteiger partial charge < -0.3 is 5.32 Å². The van der Waals surface area contributed by atoms with Crippen molar-refractivity contribution in [2.24, 2.45) is 11.8 Å². The van der Waals surface area contributed by atoms with Crippen molar-refractivity contribution in [3.8, 4) is 0 Å². The van der Waals surface area contributed by atoms with Crippen LogP contribution in [0.4, 0.5) is 0 Å². The molecule has 2 aliphatic carbocycles. The highest BCUT2D eigenvalue weighted by molar-refractivity contribution is 5.34. The first-order valence-corrected chi connectivity index (χ1v) is 7.68. The van der Waals surface area contributed by atoms with Gasteiger partial charge in [0, 0.05) is 11.4 Å². The van der Waals surface area contributed by atoms with Gasteiger partial charge in [0.05, 0.1) is 0 Å². The smallest absolute Gasteiger partial charge is 0.0341 e. The largest absolute Gasteiger partial charge is 0.359 e. The number of allylic oxidation sites excluding steroid dienone is 7. The predicted molar refractivity (Wildman–Crippen MR) is 83.6 cm³/mol. The zero-order chi connectivity index (χ0) is 13.8. The lowest BCUT2D eigenvalue weighted by Crippen LogP contribution is -2.20. The summed E-state index contributed by atoms with van der Waals surface area (Å²) in [5, 5.41) is 3.62. The Hall–Kier alpha value is -1.24. The zero-order valence-electron chi connectivity index (χ0n) is 12.8. The molecule has 0 aliphatic heterocycles. The molecule has 0 saturated heterocycles. The SMILES string of the molecule is CCC1C=CC(NC2=CC(C)=C(C)CC2)=CC1CC. The van der Waals surface area contributed by atoms with Gasteiger partial charge in [-0.25, -0.2) is 0 Å². The molecule has 2 unspecified atom stereocenters. The van der Waals surface area contributed by atoms with Crippen LogP contribution in [0.5, 0.6) is 0 Å². The maximum absolute atomic E-state index is 3.62. The van der Waals surface area contributed by atoms with Gasteiger partial charge in [-0.1, -0.05) is 37.1 Å². The van der Waals surface area contributed by atoms with Crippen molar-refractivity contribution in [1.82, 2.24) is 5.32 Å². The first-order valence-electron chi connectivity index (χ1n) is 7.68. The van der Waals surface area contributed by atoms with E-state index in [1.807, 2.05) is 0 Å². The topological polar surface area (TPSA) is 12.0 Å². The molecule has 0 spiro atoms. The molecule has 1 nitrogen and oxygen atoms in total. The molecule has 1 N–H and O–H groups in total. The van der Waals surface area contributed by atoms with Crippen LogP contribution < -0.4 is 5.32 Å². The van der Waals surface area contributed by atoms with Crippen molar-refractivity contribution >= 4 is 0 Å². The van der Waals surface area contributed by atoms with Gasteiger partial charge in [0.25, 0.3) is 0 Å². The lowest BCUT2D eigenvalue weighted by atomic mass is 9.84. The Labute approximate surface area is 118 Å². The Morgan fingerprint density at radius 3 is 2.47 bits per heavy atom. The quantitative estimate of drug-likeness (QED) is 0.739. The standard InChI is InChI=1S/C18H27N/c1-5-15-8-10-18(12-16(15)6-2)19-17-9-7-13(3)14(4)11-17/h8,10-12,15-16,19H,5-7,9H2,1-4H3. The van der Waals surface area contributed by atoms with E-state index in [-0.39, 0.29) is 0 Å². The Bertz CT molecular complexity index is 448. The lowest BCUT2D eigenvalue weighted by Gasteiger charge is -2.26. The van der Waals surface area contributed by atoms with Gasteiger partial charge >= 0.3 is 0 Å². The van der Waals surface area contributed by atoms with E-state index >= 15 is 0 Å². The van der Waals surface area contributed by atoms with E-state index in [2.05, 4.69) is 57.3 Å². The minimum atomic E-state index is 0.695. The van der Waals surface area contributed by atoms with E-state index in [9.17, 15) is 0 Å². The maximum Gasteiger partial charge on any atom is 0.0341 e. The molecule has 0 heterocycles. The molecule has 0 aromatic carbocycles. The van der Waals surface area contributed by atoms with Crippen molar-refractivity contribution in [3.63, 3.8) is 0 Å². The summed E-state index contributed by atoms with van der Waals surface area (Å²) in [6.45, 7) is 9.02. The van der Waals surface area contributed by atoms with Crippen molar-refractivity contribution < 1.29 is 0 Å². The molecule has 2 atom stereocenters. The predicted octanol–water partition coefficient (Wildman–Crippen LogP) is 5.10. The third-order valence-corrected chi connectivity index (χ3v) is 4.55. The third-order valence-electron chi connectivity index (χ3n) is 4.55. The first-order chi connectivity index (χ1) is 9.13. The highest BCUT2D eigenvalue weighted by Crippen LogP contribution is 2.29. The van der Waals surface area contributed by atoms with Gasteiger partial charge in [0.1, 0.15) is 0 Å². The number of nitrogens with one attached hydrogen (secondary N) is 1. The van der Waals surface area contributed by atoms with Gasteiger partial charge in [0.2, 0.25) is 0 Å². The average molecular weight is 257 g/mol. The molecule has 2 rings (SSSR count). The molecular formula is C18H27N. The van der Waals surface area contributed by atoms with E-state index in [0.717, 1.165) is 12.3 Å². The molecule has 0 amide bonds. The van der Waals surface area contributed by atoms with E-state index < -0.39 is 0 Å². The molecule has 0 bridgehead atoms. The minimum Gasteiger partial charge on any atom is -0.359 e. The van der Waals surface area contributed by atoms with E-state index in [1.54, 1.807) is 0 Å². The van der Waals surface area contributed by atoms with Crippen LogP contribution in [0.3, 0.4) is 0 Å². The van der Waals surface area contributed by atoms with Gasteiger partial charge in [-0.05, 0) is 63.5 Å². The third kappa shape index (κ3) is 3.40. The highest BCUT2D eigenvalue weighted by atomic mass is 14.9. The monoisotopic (exact) mass is 257 g/mol. The van der Waals surface area contributed by atoms with Crippen molar-refractivity contribution in [3.05, 3.63) is 46.8 Å². The molecule has 0 aromatic heterocycles. The second-order valence-corrected chi connectivity index (χ2v) is 5.88. The van der Waals surface area contributed by atoms with Gasteiger partial charge in [-0.2, -0.15) is 0 Å². The summed E-state index contributed by atoms with van der Waals surface area (Å²) < 4.78 is 0. The fourth-order valence-corrected chi connectivity index (χ4v) is 2.98. The second-order valence-electron chi connectivity index (χ2n) is 5.88. The van der Waals surface area contributed by atoms with Crippen LogP contribution in [-0.4, -0.2) is 0 Å². The minimum absolute atomic E-state index is 0.695. The number of hydrogen-bond acceptors (Lipinski definition) is 1. The van der Waals surface area contributed by atoms with Gasteiger partial charge in [0.15, 0.2) is 0 Å². The molecule has 0 saturated carbocycles. The van der Waals surface area contributed by atoms with Crippen molar-refractivity contribution in [2.45, 2.75) is 53.4 Å². The highest BCUT2D eigenvalue weighted by Gasteiger charge is 2.18. The normalized spacial score (nSPS) is 27.2. The Balaban J connectivity index is 2.07. The van der Waals surface area contributed by atoms with Crippen LogP contribution in [0.25, 0.3) is 0 Å². The van der Waals surface area contributed by atoms with Crippen LogP contribution in [0, 0.1) is 11.8 Å². The molecule has 0 radical (unpaired) electrons. The summed E-state index contributed by atoms with van der Waals surface area (Å²) in [6, 6.07) is 0. The van der Waals surface area contributed by atoms with Gasteiger partial charge in [-0.15, -0.1) is 0 Å². The van der Waals surface area contributed by atoms with Crippen LogP contribution in [0.1, 0.15) is 53.4 Å². The van der Waals surface area contributed by atoms with Crippen LogP contribution in [0.2, 0.25) is 0 Å². The number of rotatable bonds is 4. The average Bonchev–Trinajstić information content (AvgIpc) is 2.43. The van der Waals surface area contributed by atoms with E-state index in [4.69, 9.17) is 0 Å². The Morgan fingerprint density at radius 1 is 1.11 bits per heavy atom. The second kappa shape index (κ2) is 6.27. The number of hydrogen-bond donors (Lipinski definition) is 1. The lowest BCUT2D eigenvalue weighted by molar-refractivity contribution is 0.440. The molecule has 0 fully saturated rings. The van der Waals surface area contributed by atoms with Crippen LogP contribution in [-0.2, 0) is 0 Å². The summed E-state index contributed by atoms with van der Waals surface area (Å²) in [5.74, 6) is 1.42. The molecule has 0 aromatic rings. The maximum atomic E-state index is 3.62. The van der Waals surface area contributed by atoms with E-state index in [1.165, 1.54) is 41.8 Å². The van der Waals surface area contributed by atoms with Crippen molar-refractivity contribution in [1.29, 1.82) is 0 Å². The summed E-state index contributed by atoms with van der Waals surface area (Å²) in [4.78, 5) is 0. The Morgan fingerprint density at radius 2 is 1.84 bits per heavy atom. The molecule has 19 heavy (non-hydrogen) atoms. The molecule has 2 aliphatic rings.